The maximum absolute atomic E-state index is 12.3. The van der Waals surface area contributed by atoms with Crippen molar-refractivity contribution < 1.29 is 22.7 Å². The highest BCUT2D eigenvalue weighted by Crippen LogP contribution is 2.20. The van der Waals surface area contributed by atoms with Crippen LogP contribution in [0.15, 0.2) is 32.3 Å². The van der Waals surface area contributed by atoms with Crippen LogP contribution in [-0.4, -0.2) is 42.0 Å². The van der Waals surface area contributed by atoms with Crippen molar-refractivity contribution in [1.82, 2.24) is 8.87 Å². The lowest BCUT2D eigenvalue weighted by atomic mass is 10.3. The zero-order chi connectivity index (χ0) is 15.8. The van der Waals surface area contributed by atoms with E-state index in [4.69, 9.17) is 9.52 Å². The molecule has 1 aromatic carbocycles. The summed E-state index contributed by atoms with van der Waals surface area (Å²) >= 11 is 0. The van der Waals surface area contributed by atoms with Crippen LogP contribution < -0.4 is 5.76 Å². The average molecular weight is 314 g/mol. The summed E-state index contributed by atoms with van der Waals surface area (Å²) in [4.78, 5) is 21.8. The Bertz CT molecular complexity index is 848. The van der Waals surface area contributed by atoms with Crippen LogP contribution in [0.25, 0.3) is 11.1 Å². The zero-order valence-electron chi connectivity index (χ0n) is 11.4. The molecule has 0 aliphatic carbocycles. The van der Waals surface area contributed by atoms with Gasteiger partial charge in [0.05, 0.1) is 16.8 Å². The summed E-state index contributed by atoms with van der Waals surface area (Å²) in [6.07, 6.45) is -0.293. The molecular formula is C12H14N2O6S. The van der Waals surface area contributed by atoms with E-state index >= 15 is 0 Å². The van der Waals surface area contributed by atoms with Crippen molar-refractivity contribution in [3.63, 3.8) is 0 Å². The van der Waals surface area contributed by atoms with Crippen LogP contribution in [0.2, 0.25) is 0 Å². The Hall–Kier alpha value is -2.13. The fourth-order valence-corrected chi connectivity index (χ4v) is 3.02. The van der Waals surface area contributed by atoms with E-state index in [2.05, 4.69) is 0 Å². The third kappa shape index (κ3) is 2.83. The molecule has 0 atom stereocenters. The van der Waals surface area contributed by atoms with Gasteiger partial charge in [0, 0.05) is 26.7 Å². The number of oxazole rings is 1. The molecule has 0 amide bonds. The molecule has 1 N–H and O–H groups in total. The van der Waals surface area contributed by atoms with E-state index in [0.29, 0.717) is 5.52 Å². The fraction of sp³-hybridized carbons (Fsp3) is 0.333. The number of aromatic nitrogens is 1. The third-order valence-electron chi connectivity index (χ3n) is 3.11. The monoisotopic (exact) mass is 314 g/mol. The Labute approximate surface area is 120 Å². The van der Waals surface area contributed by atoms with E-state index in [9.17, 15) is 18.0 Å². The van der Waals surface area contributed by atoms with Gasteiger partial charge in [0.15, 0.2) is 5.58 Å². The Morgan fingerprint density at radius 2 is 2.10 bits per heavy atom. The molecular weight excluding hydrogens is 300 g/mol. The van der Waals surface area contributed by atoms with Crippen LogP contribution in [0.4, 0.5) is 0 Å². The normalized spacial score (nSPS) is 12.1. The number of rotatable bonds is 5. The van der Waals surface area contributed by atoms with Crippen LogP contribution in [0.1, 0.15) is 6.42 Å². The molecule has 0 radical (unpaired) electrons. The number of aryl methyl sites for hydroxylation is 1. The summed E-state index contributed by atoms with van der Waals surface area (Å²) in [5, 5.41) is 8.60. The van der Waals surface area contributed by atoms with Crippen LogP contribution in [0.3, 0.4) is 0 Å². The minimum atomic E-state index is -3.83. The molecule has 8 nitrogen and oxygen atoms in total. The van der Waals surface area contributed by atoms with Crippen LogP contribution in [0, 0.1) is 0 Å². The van der Waals surface area contributed by atoms with Crippen molar-refractivity contribution in [2.24, 2.45) is 7.05 Å². The number of sulfonamides is 1. The predicted molar refractivity (Wildman–Crippen MR) is 73.5 cm³/mol. The summed E-state index contributed by atoms with van der Waals surface area (Å²) in [5.74, 6) is -1.67. The molecule has 2 rings (SSSR count). The molecule has 0 unspecified atom stereocenters. The van der Waals surface area contributed by atoms with Gasteiger partial charge in [-0.05, 0) is 12.1 Å². The molecule has 1 aromatic heterocycles. The maximum atomic E-state index is 12.3. The number of hydrogen-bond acceptors (Lipinski definition) is 5. The quantitative estimate of drug-likeness (QED) is 0.845. The van der Waals surface area contributed by atoms with Crippen molar-refractivity contribution in [2.75, 3.05) is 13.6 Å². The summed E-state index contributed by atoms with van der Waals surface area (Å²) in [5.41, 5.74) is 0.641. The highest BCUT2D eigenvalue weighted by Gasteiger charge is 2.22. The number of aliphatic carboxylic acids is 1. The minimum absolute atomic E-state index is 0.0581. The highest BCUT2D eigenvalue weighted by atomic mass is 32.2. The predicted octanol–water partition coefficient (Wildman–Crippen LogP) is 0.227. The average Bonchev–Trinajstić information content (AvgIpc) is 2.70. The molecule has 0 spiro atoms. The van der Waals surface area contributed by atoms with E-state index in [-0.39, 0.29) is 23.4 Å². The number of benzene rings is 1. The molecule has 0 bridgehead atoms. The Morgan fingerprint density at radius 3 is 2.71 bits per heavy atom. The second-order valence-electron chi connectivity index (χ2n) is 4.53. The second kappa shape index (κ2) is 5.34. The fourth-order valence-electron chi connectivity index (χ4n) is 1.83. The van der Waals surface area contributed by atoms with E-state index in [1.807, 2.05) is 0 Å². The zero-order valence-corrected chi connectivity index (χ0v) is 12.3. The standard InChI is InChI=1S/C12H14N2O6S/c1-13(6-5-11(15)16)21(18,19)8-3-4-9-10(7-8)20-12(17)14(9)2/h3-4,7H,5-6H2,1-2H3,(H,15,16). The summed E-state index contributed by atoms with van der Waals surface area (Å²) in [6.45, 7) is -0.144. The second-order valence-corrected chi connectivity index (χ2v) is 6.57. The Kier molecular flexibility index (Phi) is 3.88. The highest BCUT2D eigenvalue weighted by molar-refractivity contribution is 7.89. The largest absolute Gasteiger partial charge is 0.481 e. The van der Waals surface area contributed by atoms with Gasteiger partial charge in [-0.1, -0.05) is 0 Å². The summed E-state index contributed by atoms with van der Waals surface area (Å²) in [7, 11) is -1.02. The molecule has 2 aromatic rings. The lowest BCUT2D eigenvalue weighted by Gasteiger charge is -2.15. The maximum Gasteiger partial charge on any atom is 0.419 e. The molecule has 0 fully saturated rings. The molecule has 0 aliphatic heterocycles. The summed E-state index contributed by atoms with van der Waals surface area (Å²) in [6, 6.07) is 4.07. The molecule has 21 heavy (non-hydrogen) atoms. The molecule has 0 aliphatic rings. The smallest absolute Gasteiger partial charge is 0.419 e. The number of hydrogen-bond donors (Lipinski definition) is 1. The van der Waals surface area contributed by atoms with Gasteiger partial charge in [-0.2, -0.15) is 0 Å². The van der Waals surface area contributed by atoms with Crippen molar-refractivity contribution in [3.05, 3.63) is 28.7 Å². The Balaban J connectivity index is 2.40. The van der Waals surface area contributed by atoms with Gasteiger partial charge in [-0.25, -0.2) is 17.5 Å². The first-order valence-corrected chi connectivity index (χ1v) is 7.45. The lowest BCUT2D eigenvalue weighted by molar-refractivity contribution is -0.137. The molecule has 1 heterocycles. The van der Waals surface area contributed by atoms with E-state index in [1.54, 1.807) is 0 Å². The number of fused-ring (bicyclic) bond motifs is 1. The van der Waals surface area contributed by atoms with Crippen LogP contribution >= 0.6 is 0 Å². The van der Waals surface area contributed by atoms with E-state index < -0.39 is 21.7 Å². The van der Waals surface area contributed by atoms with Crippen molar-refractivity contribution in [2.45, 2.75) is 11.3 Å². The minimum Gasteiger partial charge on any atom is -0.481 e. The van der Waals surface area contributed by atoms with Gasteiger partial charge in [0.1, 0.15) is 0 Å². The van der Waals surface area contributed by atoms with Crippen molar-refractivity contribution >= 4 is 27.1 Å². The first-order valence-electron chi connectivity index (χ1n) is 6.01. The van der Waals surface area contributed by atoms with Gasteiger partial charge in [0.2, 0.25) is 10.0 Å². The van der Waals surface area contributed by atoms with Gasteiger partial charge in [-0.15, -0.1) is 0 Å². The molecule has 0 saturated heterocycles. The van der Waals surface area contributed by atoms with E-state index in [0.717, 1.165) is 4.31 Å². The van der Waals surface area contributed by atoms with Gasteiger partial charge >= 0.3 is 11.7 Å². The van der Waals surface area contributed by atoms with Gasteiger partial charge < -0.3 is 9.52 Å². The van der Waals surface area contributed by atoms with Crippen LogP contribution in [0.5, 0.6) is 0 Å². The van der Waals surface area contributed by atoms with E-state index in [1.165, 1.54) is 36.9 Å². The SMILES string of the molecule is CN(CCC(=O)O)S(=O)(=O)c1ccc2c(c1)oc(=O)n2C. The molecule has 0 saturated carbocycles. The molecule has 114 valence electrons. The lowest BCUT2D eigenvalue weighted by Crippen LogP contribution is -2.29. The van der Waals surface area contributed by atoms with Gasteiger partial charge in [0.25, 0.3) is 0 Å². The summed E-state index contributed by atoms with van der Waals surface area (Å²) < 4.78 is 31.7. The number of nitrogens with zero attached hydrogens (tertiary/aromatic N) is 2. The third-order valence-corrected chi connectivity index (χ3v) is 4.97. The number of carboxylic acid groups (broad SMARTS) is 1. The number of carboxylic acids is 1. The topological polar surface area (TPSA) is 110 Å². The van der Waals surface area contributed by atoms with Crippen molar-refractivity contribution in [1.29, 1.82) is 0 Å². The van der Waals surface area contributed by atoms with Crippen LogP contribution in [-0.2, 0) is 21.9 Å². The first-order chi connectivity index (χ1) is 9.73. The first kappa shape index (κ1) is 15.3. The number of carbonyl (C=O) groups is 1. The molecule has 9 heteroatoms. The Morgan fingerprint density at radius 1 is 1.43 bits per heavy atom. The van der Waals surface area contributed by atoms with Gasteiger partial charge in [-0.3, -0.25) is 9.36 Å². The van der Waals surface area contributed by atoms with Crippen molar-refractivity contribution in [3.8, 4) is 0 Å².